The van der Waals surface area contributed by atoms with Crippen LogP contribution in [-0.4, -0.2) is 33.9 Å². The van der Waals surface area contributed by atoms with Crippen molar-refractivity contribution in [3.63, 3.8) is 0 Å². The van der Waals surface area contributed by atoms with E-state index in [0.717, 1.165) is 17.8 Å². The predicted octanol–water partition coefficient (Wildman–Crippen LogP) is 1.84. The first kappa shape index (κ1) is 14.6. The van der Waals surface area contributed by atoms with Crippen molar-refractivity contribution in [3.05, 3.63) is 29.1 Å². The maximum Gasteiger partial charge on any atom is 0.256 e. The number of hydrogen-bond donors (Lipinski definition) is 1. The fourth-order valence-electron chi connectivity index (χ4n) is 1.79. The van der Waals surface area contributed by atoms with Gasteiger partial charge in [0.05, 0.1) is 22.8 Å². The highest BCUT2D eigenvalue weighted by molar-refractivity contribution is 7.80. The summed E-state index contributed by atoms with van der Waals surface area (Å²) in [6.07, 6.45) is 0.868. The van der Waals surface area contributed by atoms with Crippen molar-refractivity contribution in [2.24, 2.45) is 5.73 Å². The van der Waals surface area contributed by atoms with E-state index in [1.54, 1.807) is 4.90 Å². The van der Waals surface area contributed by atoms with Gasteiger partial charge in [0.2, 0.25) is 0 Å². The molecule has 0 aliphatic carbocycles. The molecule has 4 nitrogen and oxygen atoms in total. The van der Waals surface area contributed by atoms with Gasteiger partial charge in [-0.1, -0.05) is 19.1 Å². The van der Waals surface area contributed by atoms with Gasteiger partial charge in [-0.25, -0.2) is 0 Å². The van der Waals surface area contributed by atoms with E-state index in [1.807, 2.05) is 32.9 Å². The number of aryl methyl sites for hydroxylation is 2. The molecule has 1 heterocycles. The second kappa shape index (κ2) is 6.44. The van der Waals surface area contributed by atoms with Crippen LogP contribution in [0.25, 0.3) is 0 Å². The van der Waals surface area contributed by atoms with Crippen molar-refractivity contribution in [3.8, 4) is 0 Å². The molecule has 0 aliphatic heterocycles. The van der Waals surface area contributed by atoms with Crippen LogP contribution in [0.4, 0.5) is 0 Å². The number of nitrogens with two attached hydrogens (primary N) is 1. The highest BCUT2D eigenvalue weighted by Crippen LogP contribution is 2.10. The Hall–Kier alpha value is -1.49. The molecule has 1 rings (SSSR count). The quantitative estimate of drug-likeness (QED) is 0.825. The maximum absolute atomic E-state index is 12.4. The van der Waals surface area contributed by atoms with Crippen LogP contribution in [0.5, 0.6) is 0 Å². The highest BCUT2D eigenvalue weighted by Gasteiger charge is 2.18. The molecule has 18 heavy (non-hydrogen) atoms. The molecule has 0 saturated heterocycles. The molecule has 98 valence electrons. The van der Waals surface area contributed by atoms with Crippen LogP contribution in [0.15, 0.2) is 12.1 Å². The van der Waals surface area contributed by atoms with Gasteiger partial charge in [-0.3, -0.25) is 9.78 Å². The molecule has 0 unspecified atom stereocenters. The third-order valence-corrected chi connectivity index (χ3v) is 2.71. The Balaban J connectivity index is 2.97. The van der Waals surface area contributed by atoms with E-state index in [-0.39, 0.29) is 5.91 Å². The van der Waals surface area contributed by atoms with Crippen LogP contribution in [0, 0.1) is 13.8 Å². The fraction of sp³-hybridized carbons (Fsp3) is 0.462. The fourth-order valence-corrected chi connectivity index (χ4v) is 1.95. The van der Waals surface area contributed by atoms with E-state index >= 15 is 0 Å². The van der Waals surface area contributed by atoms with Crippen molar-refractivity contribution < 1.29 is 4.79 Å². The average molecular weight is 265 g/mol. The molecule has 0 fully saturated rings. The Morgan fingerprint density at radius 1 is 1.44 bits per heavy atom. The summed E-state index contributed by atoms with van der Waals surface area (Å²) in [4.78, 5) is 18.7. The molecule has 0 radical (unpaired) electrons. The SMILES string of the molecule is CCCN(CC(N)=S)C(=O)c1ccc(C)nc1C. The van der Waals surface area contributed by atoms with E-state index in [4.69, 9.17) is 18.0 Å². The van der Waals surface area contributed by atoms with E-state index in [9.17, 15) is 4.79 Å². The summed E-state index contributed by atoms with van der Waals surface area (Å²) in [5.74, 6) is -0.0605. The Morgan fingerprint density at radius 2 is 2.11 bits per heavy atom. The van der Waals surface area contributed by atoms with Crippen LogP contribution in [0.2, 0.25) is 0 Å². The minimum Gasteiger partial charge on any atom is -0.392 e. The average Bonchev–Trinajstić information content (AvgIpc) is 2.27. The van der Waals surface area contributed by atoms with E-state index in [2.05, 4.69) is 4.98 Å². The third-order valence-electron chi connectivity index (χ3n) is 2.58. The highest BCUT2D eigenvalue weighted by atomic mass is 32.1. The molecule has 0 atom stereocenters. The number of carbonyl (C=O) groups is 1. The minimum absolute atomic E-state index is 0.0605. The van der Waals surface area contributed by atoms with Gasteiger partial charge < -0.3 is 10.6 Å². The monoisotopic (exact) mass is 265 g/mol. The molecule has 1 aromatic rings. The zero-order valence-corrected chi connectivity index (χ0v) is 11.9. The van der Waals surface area contributed by atoms with Gasteiger partial charge in [0.1, 0.15) is 0 Å². The largest absolute Gasteiger partial charge is 0.392 e. The van der Waals surface area contributed by atoms with E-state index in [1.165, 1.54) is 0 Å². The molecule has 0 saturated carbocycles. The number of nitrogens with zero attached hydrogens (tertiary/aromatic N) is 2. The number of thiocarbonyl (C=S) groups is 1. The van der Waals surface area contributed by atoms with Crippen molar-refractivity contribution >= 4 is 23.1 Å². The summed E-state index contributed by atoms with van der Waals surface area (Å²) in [5.41, 5.74) is 7.78. The Labute approximate surface area is 113 Å². The number of hydrogen-bond acceptors (Lipinski definition) is 3. The topological polar surface area (TPSA) is 59.2 Å². The zero-order chi connectivity index (χ0) is 13.7. The molecule has 1 aromatic heterocycles. The van der Waals surface area contributed by atoms with Crippen LogP contribution in [0.1, 0.15) is 35.1 Å². The molecule has 0 spiro atoms. The lowest BCUT2D eigenvalue weighted by Crippen LogP contribution is -2.38. The number of pyridine rings is 1. The molecule has 1 amide bonds. The van der Waals surface area contributed by atoms with Crippen LogP contribution in [0.3, 0.4) is 0 Å². The Bertz CT molecular complexity index is 460. The second-order valence-corrected chi connectivity index (χ2v) is 4.80. The van der Waals surface area contributed by atoms with Crippen molar-refractivity contribution in [2.45, 2.75) is 27.2 Å². The van der Waals surface area contributed by atoms with Crippen LogP contribution >= 0.6 is 12.2 Å². The lowest BCUT2D eigenvalue weighted by Gasteiger charge is -2.22. The van der Waals surface area contributed by atoms with Crippen LogP contribution in [-0.2, 0) is 0 Å². The Kier molecular flexibility index (Phi) is 5.22. The normalized spacial score (nSPS) is 10.2. The predicted molar refractivity (Wildman–Crippen MR) is 76.7 cm³/mol. The summed E-state index contributed by atoms with van der Waals surface area (Å²) in [6, 6.07) is 3.65. The van der Waals surface area contributed by atoms with Gasteiger partial charge in [0.15, 0.2) is 0 Å². The summed E-state index contributed by atoms with van der Waals surface area (Å²) in [7, 11) is 0. The zero-order valence-electron chi connectivity index (χ0n) is 11.1. The number of aromatic nitrogens is 1. The van der Waals surface area contributed by atoms with E-state index < -0.39 is 0 Å². The molecule has 0 bridgehead atoms. The van der Waals surface area contributed by atoms with Gasteiger partial charge in [-0.2, -0.15) is 0 Å². The summed E-state index contributed by atoms with van der Waals surface area (Å²) in [6.45, 7) is 6.71. The van der Waals surface area contributed by atoms with Gasteiger partial charge in [0, 0.05) is 12.2 Å². The van der Waals surface area contributed by atoms with Crippen molar-refractivity contribution in [1.29, 1.82) is 0 Å². The van der Waals surface area contributed by atoms with Gasteiger partial charge in [-0.05, 0) is 32.4 Å². The number of amides is 1. The number of rotatable bonds is 5. The third kappa shape index (κ3) is 3.77. The summed E-state index contributed by atoms with van der Waals surface area (Å²) < 4.78 is 0. The lowest BCUT2D eigenvalue weighted by molar-refractivity contribution is 0.0778. The standard InChI is InChI=1S/C13H19N3OS/c1-4-7-16(8-12(14)18)13(17)11-6-5-9(2)15-10(11)3/h5-6H,4,7-8H2,1-3H3,(H2,14,18). The molecule has 0 aromatic carbocycles. The van der Waals surface area contributed by atoms with E-state index in [0.29, 0.717) is 23.6 Å². The minimum atomic E-state index is -0.0605. The van der Waals surface area contributed by atoms with Crippen molar-refractivity contribution in [2.75, 3.05) is 13.1 Å². The maximum atomic E-state index is 12.4. The molecular weight excluding hydrogens is 246 g/mol. The lowest BCUT2D eigenvalue weighted by atomic mass is 10.1. The molecular formula is C13H19N3OS. The first-order chi connectivity index (χ1) is 8.45. The molecule has 2 N–H and O–H groups in total. The second-order valence-electron chi connectivity index (χ2n) is 4.28. The van der Waals surface area contributed by atoms with Crippen LogP contribution < -0.4 is 5.73 Å². The smallest absolute Gasteiger partial charge is 0.256 e. The molecule has 5 heteroatoms. The first-order valence-electron chi connectivity index (χ1n) is 5.97. The first-order valence-corrected chi connectivity index (χ1v) is 6.38. The van der Waals surface area contributed by atoms with Gasteiger partial charge in [-0.15, -0.1) is 0 Å². The number of carbonyl (C=O) groups excluding carboxylic acids is 1. The van der Waals surface area contributed by atoms with Gasteiger partial charge in [0.25, 0.3) is 5.91 Å². The van der Waals surface area contributed by atoms with Crippen molar-refractivity contribution in [1.82, 2.24) is 9.88 Å². The Morgan fingerprint density at radius 3 is 2.61 bits per heavy atom. The van der Waals surface area contributed by atoms with Gasteiger partial charge >= 0.3 is 0 Å². The summed E-state index contributed by atoms with van der Waals surface area (Å²) >= 11 is 4.88. The summed E-state index contributed by atoms with van der Waals surface area (Å²) in [5, 5.41) is 0. The molecule has 0 aliphatic rings.